The van der Waals surface area contributed by atoms with E-state index in [-0.39, 0.29) is 5.69 Å². The van der Waals surface area contributed by atoms with Crippen molar-refractivity contribution in [3.8, 4) is 11.3 Å². The van der Waals surface area contributed by atoms with Crippen molar-refractivity contribution in [3.63, 3.8) is 0 Å². The first-order valence-corrected chi connectivity index (χ1v) is 5.42. The maximum absolute atomic E-state index is 11.7. The molecule has 1 aromatic heterocycles. The zero-order valence-corrected chi connectivity index (χ0v) is 9.10. The molecule has 2 aromatic rings. The van der Waals surface area contributed by atoms with Gasteiger partial charge in [-0.3, -0.25) is 4.57 Å². The van der Waals surface area contributed by atoms with Crippen LogP contribution in [0.25, 0.3) is 11.3 Å². The first-order chi connectivity index (χ1) is 7.75. The van der Waals surface area contributed by atoms with Gasteiger partial charge in [-0.1, -0.05) is 24.3 Å². The SMILES string of the molecule is Cc1cc2n(c(=O)n1)CCc1ccccc1-2. The van der Waals surface area contributed by atoms with Crippen LogP contribution in [0, 0.1) is 6.92 Å². The summed E-state index contributed by atoms with van der Waals surface area (Å²) in [5, 5.41) is 0. The molecule has 0 saturated heterocycles. The lowest BCUT2D eigenvalue weighted by atomic mass is 9.98. The van der Waals surface area contributed by atoms with Crippen LogP contribution in [0.4, 0.5) is 0 Å². The van der Waals surface area contributed by atoms with E-state index >= 15 is 0 Å². The van der Waals surface area contributed by atoms with Crippen molar-refractivity contribution in [1.29, 1.82) is 0 Å². The molecule has 3 rings (SSSR count). The molecule has 0 atom stereocenters. The van der Waals surface area contributed by atoms with Gasteiger partial charge < -0.3 is 0 Å². The van der Waals surface area contributed by atoms with E-state index in [1.807, 2.05) is 25.1 Å². The highest BCUT2D eigenvalue weighted by atomic mass is 16.1. The van der Waals surface area contributed by atoms with Crippen LogP contribution >= 0.6 is 0 Å². The van der Waals surface area contributed by atoms with E-state index in [1.54, 1.807) is 4.57 Å². The molecule has 0 saturated carbocycles. The lowest BCUT2D eigenvalue weighted by molar-refractivity contribution is 0.637. The van der Waals surface area contributed by atoms with Crippen LogP contribution in [0.5, 0.6) is 0 Å². The summed E-state index contributed by atoms with van der Waals surface area (Å²) < 4.78 is 1.76. The van der Waals surface area contributed by atoms with Gasteiger partial charge in [-0.2, -0.15) is 4.98 Å². The summed E-state index contributed by atoms with van der Waals surface area (Å²) in [7, 11) is 0. The van der Waals surface area contributed by atoms with Crippen LogP contribution < -0.4 is 5.69 Å². The van der Waals surface area contributed by atoms with Crippen molar-refractivity contribution in [1.82, 2.24) is 9.55 Å². The molecule has 0 unspecified atom stereocenters. The number of aryl methyl sites for hydroxylation is 2. The third kappa shape index (κ3) is 1.28. The largest absolute Gasteiger partial charge is 0.348 e. The van der Waals surface area contributed by atoms with E-state index < -0.39 is 0 Å². The standard InChI is InChI=1S/C13H12N2O/c1-9-8-12-11-5-3-2-4-10(11)6-7-15(12)13(16)14-9/h2-5,8H,6-7H2,1H3. The topological polar surface area (TPSA) is 34.9 Å². The summed E-state index contributed by atoms with van der Waals surface area (Å²) in [5.74, 6) is 0. The molecule has 0 aliphatic carbocycles. The second-order valence-corrected chi connectivity index (χ2v) is 4.12. The van der Waals surface area contributed by atoms with Gasteiger partial charge in [0.25, 0.3) is 0 Å². The van der Waals surface area contributed by atoms with E-state index in [0.717, 1.165) is 29.9 Å². The zero-order valence-electron chi connectivity index (χ0n) is 9.10. The number of hydrogen-bond acceptors (Lipinski definition) is 2. The van der Waals surface area contributed by atoms with Crippen LogP contribution in [0.1, 0.15) is 11.3 Å². The van der Waals surface area contributed by atoms with Crippen molar-refractivity contribution in [2.75, 3.05) is 0 Å². The molecule has 0 bridgehead atoms. The van der Waals surface area contributed by atoms with Gasteiger partial charge in [0.05, 0.1) is 5.69 Å². The molecule has 1 aliphatic heterocycles. The number of fused-ring (bicyclic) bond motifs is 3. The van der Waals surface area contributed by atoms with Crippen molar-refractivity contribution < 1.29 is 0 Å². The molecular formula is C13H12N2O. The molecular weight excluding hydrogens is 200 g/mol. The fourth-order valence-corrected chi connectivity index (χ4v) is 2.28. The minimum absolute atomic E-state index is 0.135. The molecule has 1 aromatic carbocycles. The van der Waals surface area contributed by atoms with Crippen molar-refractivity contribution >= 4 is 0 Å². The molecule has 80 valence electrons. The van der Waals surface area contributed by atoms with E-state index in [9.17, 15) is 4.79 Å². The summed E-state index contributed by atoms with van der Waals surface area (Å²) in [6.45, 7) is 2.60. The summed E-state index contributed by atoms with van der Waals surface area (Å²) in [5.41, 5.74) is 4.13. The molecule has 0 spiro atoms. The smallest absolute Gasteiger partial charge is 0.292 e. The van der Waals surface area contributed by atoms with Gasteiger partial charge >= 0.3 is 5.69 Å². The number of rotatable bonds is 0. The normalized spacial score (nSPS) is 13.1. The summed E-state index contributed by atoms with van der Waals surface area (Å²) >= 11 is 0. The Morgan fingerprint density at radius 2 is 2.12 bits per heavy atom. The minimum Gasteiger partial charge on any atom is -0.292 e. The van der Waals surface area contributed by atoms with E-state index in [0.29, 0.717) is 0 Å². The molecule has 0 fully saturated rings. The molecule has 2 heterocycles. The fraction of sp³-hybridized carbons (Fsp3) is 0.231. The van der Waals surface area contributed by atoms with Gasteiger partial charge in [0.2, 0.25) is 0 Å². The van der Waals surface area contributed by atoms with Gasteiger partial charge in [0.1, 0.15) is 0 Å². The Hall–Kier alpha value is -1.90. The van der Waals surface area contributed by atoms with Gasteiger partial charge in [-0.05, 0) is 25.0 Å². The molecule has 3 nitrogen and oxygen atoms in total. The van der Waals surface area contributed by atoms with E-state index in [2.05, 4.69) is 17.1 Å². The van der Waals surface area contributed by atoms with Crippen molar-refractivity contribution in [2.45, 2.75) is 19.9 Å². The minimum atomic E-state index is -0.135. The van der Waals surface area contributed by atoms with Crippen LogP contribution in [0.3, 0.4) is 0 Å². The summed E-state index contributed by atoms with van der Waals surface area (Å²) in [6, 6.07) is 10.2. The predicted molar refractivity (Wildman–Crippen MR) is 62.4 cm³/mol. The molecule has 0 amide bonds. The second kappa shape index (κ2) is 3.30. The Morgan fingerprint density at radius 3 is 3.00 bits per heavy atom. The van der Waals surface area contributed by atoms with Gasteiger partial charge in [0.15, 0.2) is 0 Å². The maximum Gasteiger partial charge on any atom is 0.348 e. The second-order valence-electron chi connectivity index (χ2n) is 4.12. The number of aromatic nitrogens is 2. The van der Waals surface area contributed by atoms with Crippen molar-refractivity contribution in [2.24, 2.45) is 0 Å². The molecule has 3 heteroatoms. The van der Waals surface area contributed by atoms with Crippen LogP contribution in [0.2, 0.25) is 0 Å². The third-order valence-electron chi connectivity index (χ3n) is 3.04. The van der Waals surface area contributed by atoms with Crippen LogP contribution in [0.15, 0.2) is 35.1 Å². The Bertz CT molecular complexity index is 614. The Morgan fingerprint density at radius 1 is 1.31 bits per heavy atom. The Labute approximate surface area is 93.4 Å². The molecule has 0 radical (unpaired) electrons. The molecule has 1 aliphatic rings. The van der Waals surface area contributed by atoms with Crippen LogP contribution in [-0.4, -0.2) is 9.55 Å². The lowest BCUT2D eigenvalue weighted by Crippen LogP contribution is -2.28. The highest BCUT2D eigenvalue weighted by Gasteiger charge is 2.16. The van der Waals surface area contributed by atoms with Gasteiger partial charge in [-0.25, -0.2) is 4.79 Å². The first-order valence-electron chi connectivity index (χ1n) is 5.42. The molecule has 0 N–H and O–H groups in total. The highest BCUT2D eigenvalue weighted by molar-refractivity contribution is 5.65. The maximum atomic E-state index is 11.7. The number of benzene rings is 1. The van der Waals surface area contributed by atoms with E-state index in [1.165, 1.54) is 5.56 Å². The van der Waals surface area contributed by atoms with Crippen LogP contribution in [-0.2, 0) is 13.0 Å². The quantitative estimate of drug-likeness (QED) is 0.667. The number of nitrogens with zero attached hydrogens (tertiary/aromatic N) is 2. The first kappa shape index (κ1) is 9.33. The number of hydrogen-bond donors (Lipinski definition) is 0. The molecule has 16 heavy (non-hydrogen) atoms. The van der Waals surface area contributed by atoms with Gasteiger partial charge in [0, 0.05) is 17.8 Å². The van der Waals surface area contributed by atoms with Crippen molar-refractivity contribution in [3.05, 3.63) is 52.1 Å². The Kier molecular flexibility index (Phi) is 1.93. The monoisotopic (exact) mass is 212 g/mol. The zero-order chi connectivity index (χ0) is 11.1. The third-order valence-corrected chi connectivity index (χ3v) is 3.04. The fourth-order valence-electron chi connectivity index (χ4n) is 2.28. The Balaban J connectivity index is 2.36. The average molecular weight is 212 g/mol. The van der Waals surface area contributed by atoms with E-state index in [4.69, 9.17) is 0 Å². The average Bonchev–Trinajstić information content (AvgIpc) is 2.28. The summed E-state index contributed by atoms with van der Waals surface area (Å²) in [4.78, 5) is 15.7. The predicted octanol–water partition coefficient (Wildman–Crippen LogP) is 1.77. The highest BCUT2D eigenvalue weighted by Crippen LogP contribution is 2.27. The lowest BCUT2D eigenvalue weighted by Gasteiger charge is -2.21. The van der Waals surface area contributed by atoms with Gasteiger partial charge in [-0.15, -0.1) is 0 Å². The summed E-state index contributed by atoms with van der Waals surface area (Å²) in [6.07, 6.45) is 0.911.